The molecule has 0 aromatic heterocycles. The van der Waals surface area contributed by atoms with E-state index in [1.54, 1.807) is 25.3 Å². The van der Waals surface area contributed by atoms with E-state index in [1.807, 2.05) is 24.3 Å². The Kier molecular flexibility index (Phi) is 4.40. The van der Waals surface area contributed by atoms with Gasteiger partial charge in [-0.3, -0.25) is 4.79 Å². The fraction of sp³-hybridized carbons (Fsp3) is 0.167. The molecule has 2 aromatic carbocycles. The van der Waals surface area contributed by atoms with Gasteiger partial charge in [-0.2, -0.15) is 0 Å². The number of sulfone groups is 1. The van der Waals surface area contributed by atoms with Crippen molar-refractivity contribution in [2.45, 2.75) is 11.3 Å². The molecule has 0 unspecified atom stereocenters. The lowest BCUT2D eigenvalue weighted by molar-refractivity contribution is -0.115. The molecule has 1 amide bonds. The summed E-state index contributed by atoms with van der Waals surface area (Å²) in [6.07, 6.45) is 0.650. The number of benzene rings is 2. The van der Waals surface area contributed by atoms with Gasteiger partial charge in [0.05, 0.1) is 17.6 Å². The first kappa shape index (κ1) is 16.3. The number of hydrogen-bond acceptors (Lipinski definition) is 4. The van der Waals surface area contributed by atoms with Crippen molar-refractivity contribution in [3.8, 4) is 5.75 Å². The summed E-state index contributed by atoms with van der Waals surface area (Å²) in [5.41, 5.74) is 1.71. The number of carbonyl (C=O) groups excluding carboxylic acids is 1. The van der Waals surface area contributed by atoms with Crippen LogP contribution in [0.25, 0.3) is 5.57 Å². The van der Waals surface area contributed by atoms with Gasteiger partial charge in [-0.25, -0.2) is 8.42 Å². The van der Waals surface area contributed by atoms with Gasteiger partial charge < -0.3 is 10.1 Å². The summed E-state index contributed by atoms with van der Waals surface area (Å²) in [5, 5.41) is 3.82. The highest BCUT2D eigenvalue weighted by Gasteiger charge is 2.29. The second-order valence-electron chi connectivity index (χ2n) is 5.43. The van der Waals surface area contributed by atoms with E-state index in [-0.39, 0.29) is 16.4 Å². The molecular weight excluding hydrogens is 326 g/mol. The molecule has 6 heteroatoms. The average Bonchev–Trinajstić information content (AvgIpc) is 2.87. The van der Waals surface area contributed by atoms with Crippen molar-refractivity contribution < 1.29 is 17.9 Å². The molecule has 0 aliphatic carbocycles. The minimum atomic E-state index is -3.52. The van der Waals surface area contributed by atoms with Crippen LogP contribution in [0, 0.1) is 0 Å². The molecule has 3 rings (SSSR count). The van der Waals surface area contributed by atoms with Crippen molar-refractivity contribution in [3.63, 3.8) is 0 Å². The third-order valence-electron chi connectivity index (χ3n) is 3.86. The van der Waals surface area contributed by atoms with Crippen LogP contribution in [0.15, 0.2) is 58.8 Å². The lowest BCUT2D eigenvalue weighted by atomic mass is 10.1. The predicted octanol–water partition coefficient (Wildman–Crippen LogP) is 2.18. The first-order valence-corrected chi connectivity index (χ1v) is 9.03. The van der Waals surface area contributed by atoms with Crippen molar-refractivity contribution in [2.75, 3.05) is 13.7 Å². The Labute approximate surface area is 140 Å². The van der Waals surface area contributed by atoms with Gasteiger partial charge in [0.2, 0.25) is 9.84 Å². The van der Waals surface area contributed by atoms with Crippen LogP contribution in [0.2, 0.25) is 0 Å². The normalized spacial score (nSPS) is 14.6. The number of carbonyl (C=O) groups is 1. The molecule has 0 fully saturated rings. The Morgan fingerprint density at radius 3 is 2.50 bits per heavy atom. The molecule has 1 aliphatic rings. The van der Waals surface area contributed by atoms with E-state index >= 15 is 0 Å². The molecule has 0 radical (unpaired) electrons. The van der Waals surface area contributed by atoms with Gasteiger partial charge in [-0.1, -0.05) is 30.3 Å². The van der Waals surface area contributed by atoms with Crippen LogP contribution in [-0.4, -0.2) is 28.0 Å². The fourth-order valence-electron chi connectivity index (χ4n) is 2.60. The van der Waals surface area contributed by atoms with Gasteiger partial charge in [0.15, 0.2) is 0 Å². The third kappa shape index (κ3) is 3.19. The number of ether oxygens (including phenoxy) is 1. The number of hydrogen-bond donors (Lipinski definition) is 1. The minimum Gasteiger partial charge on any atom is -0.497 e. The lowest BCUT2D eigenvalue weighted by Crippen LogP contribution is -2.26. The van der Waals surface area contributed by atoms with E-state index in [2.05, 4.69) is 5.32 Å². The summed E-state index contributed by atoms with van der Waals surface area (Å²) in [6, 6.07) is 14.1. The minimum absolute atomic E-state index is 0.185. The molecule has 0 bridgehead atoms. The predicted molar refractivity (Wildman–Crippen MR) is 91.3 cm³/mol. The molecule has 0 atom stereocenters. The van der Waals surface area contributed by atoms with Crippen molar-refractivity contribution in [1.29, 1.82) is 0 Å². The standard InChI is InChI=1S/C18H17NO4S/c1-23-14-8-6-13(7-9-14)10-11-19-18(20)16-12-24(21,22)17-5-3-2-4-15(16)17/h2-9,12H,10-11H2,1H3,(H,19,20). The van der Waals surface area contributed by atoms with Crippen LogP contribution < -0.4 is 10.1 Å². The Bertz CT molecular complexity index is 899. The number of nitrogens with one attached hydrogen (secondary N) is 1. The maximum atomic E-state index is 12.3. The second kappa shape index (κ2) is 6.49. The number of amides is 1. The highest BCUT2D eigenvalue weighted by Crippen LogP contribution is 2.32. The van der Waals surface area contributed by atoms with Gasteiger partial charge in [0.1, 0.15) is 5.75 Å². The fourth-order valence-corrected chi connectivity index (χ4v) is 4.03. The zero-order valence-corrected chi connectivity index (χ0v) is 14.0. The molecule has 1 aliphatic heterocycles. The average molecular weight is 343 g/mol. The van der Waals surface area contributed by atoms with Crippen LogP contribution in [0.1, 0.15) is 11.1 Å². The summed E-state index contributed by atoms with van der Waals surface area (Å²) < 4.78 is 29.2. The Morgan fingerprint density at radius 1 is 1.08 bits per heavy atom. The van der Waals surface area contributed by atoms with Crippen LogP contribution in [-0.2, 0) is 21.1 Å². The molecule has 0 spiro atoms. The Morgan fingerprint density at radius 2 is 1.79 bits per heavy atom. The zero-order chi connectivity index (χ0) is 17.2. The molecule has 1 N–H and O–H groups in total. The van der Waals surface area contributed by atoms with Gasteiger partial charge in [-0.05, 0) is 30.2 Å². The van der Waals surface area contributed by atoms with Crippen molar-refractivity contribution in [3.05, 3.63) is 65.1 Å². The van der Waals surface area contributed by atoms with E-state index in [0.717, 1.165) is 16.7 Å². The number of fused-ring (bicyclic) bond motifs is 1. The number of rotatable bonds is 5. The molecule has 124 valence electrons. The second-order valence-corrected chi connectivity index (χ2v) is 7.19. The van der Waals surface area contributed by atoms with E-state index in [4.69, 9.17) is 4.74 Å². The topological polar surface area (TPSA) is 72.5 Å². The quantitative estimate of drug-likeness (QED) is 0.903. The summed E-state index contributed by atoms with van der Waals surface area (Å²) >= 11 is 0. The van der Waals surface area contributed by atoms with E-state index in [0.29, 0.717) is 18.5 Å². The van der Waals surface area contributed by atoms with Gasteiger partial charge in [0.25, 0.3) is 5.91 Å². The molecule has 0 saturated carbocycles. The van der Waals surface area contributed by atoms with Crippen LogP contribution >= 0.6 is 0 Å². The van der Waals surface area contributed by atoms with Crippen molar-refractivity contribution in [1.82, 2.24) is 5.32 Å². The van der Waals surface area contributed by atoms with Crippen LogP contribution in [0.5, 0.6) is 5.75 Å². The molecule has 2 aromatic rings. The maximum absolute atomic E-state index is 12.3. The van der Waals surface area contributed by atoms with E-state index < -0.39 is 9.84 Å². The highest BCUT2D eigenvalue weighted by molar-refractivity contribution is 7.95. The summed E-state index contributed by atoms with van der Waals surface area (Å²) in [5.74, 6) is 0.401. The summed E-state index contributed by atoms with van der Waals surface area (Å²) in [7, 11) is -1.91. The van der Waals surface area contributed by atoms with Crippen LogP contribution in [0.4, 0.5) is 0 Å². The van der Waals surface area contributed by atoms with Crippen LogP contribution in [0.3, 0.4) is 0 Å². The van der Waals surface area contributed by atoms with Gasteiger partial charge in [0, 0.05) is 17.5 Å². The first-order chi connectivity index (χ1) is 11.5. The largest absolute Gasteiger partial charge is 0.497 e. The number of methoxy groups -OCH3 is 1. The highest BCUT2D eigenvalue weighted by atomic mass is 32.2. The molecule has 0 saturated heterocycles. The molecular formula is C18H17NO4S. The summed E-state index contributed by atoms with van der Waals surface area (Å²) in [6.45, 7) is 0.421. The maximum Gasteiger partial charge on any atom is 0.252 e. The Hall–Kier alpha value is -2.60. The van der Waals surface area contributed by atoms with Gasteiger partial charge in [-0.15, -0.1) is 0 Å². The molecule has 5 nitrogen and oxygen atoms in total. The van der Waals surface area contributed by atoms with Gasteiger partial charge >= 0.3 is 0 Å². The summed E-state index contributed by atoms with van der Waals surface area (Å²) in [4.78, 5) is 12.5. The SMILES string of the molecule is COc1ccc(CCNC(=O)C2=CS(=O)(=O)c3ccccc32)cc1. The first-order valence-electron chi connectivity index (χ1n) is 7.48. The molecule has 1 heterocycles. The van der Waals surface area contributed by atoms with Crippen molar-refractivity contribution in [2.24, 2.45) is 0 Å². The smallest absolute Gasteiger partial charge is 0.252 e. The zero-order valence-electron chi connectivity index (χ0n) is 13.2. The molecule has 24 heavy (non-hydrogen) atoms. The monoisotopic (exact) mass is 343 g/mol. The van der Waals surface area contributed by atoms with E-state index in [9.17, 15) is 13.2 Å². The van der Waals surface area contributed by atoms with Crippen molar-refractivity contribution >= 4 is 21.3 Å². The van der Waals surface area contributed by atoms with E-state index in [1.165, 1.54) is 6.07 Å². The third-order valence-corrected chi connectivity index (χ3v) is 5.37. The Balaban J connectivity index is 1.65. The lowest BCUT2D eigenvalue weighted by Gasteiger charge is -2.07.